The van der Waals surface area contributed by atoms with Crippen LogP contribution in [0.1, 0.15) is 34.1 Å². The summed E-state index contributed by atoms with van der Waals surface area (Å²) < 4.78 is 98.4. The van der Waals surface area contributed by atoms with Crippen molar-refractivity contribution in [1.29, 1.82) is 0 Å². The third-order valence-corrected chi connectivity index (χ3v) is 21.3. The lowest BCUT2D eigenvalue weighted by atomic mass is 9.88. The van der Waals surface area contributed by atoms with E-state index in [9.17, 15) is 162 Å². The fourth-order valence-electron chi connectivity index (χ4n) is 15.2. The number of carbonyl (C=O) groups excluding carboxylic acids is 4. The maximum absolute atomic E-state index is 13.0. The van der Waals surface area contributed by atoms with Gasteiger partial charge in [0.1, 0.15) is 213 Å². The number of hydrogen-bond donors (Lipinski definition) is 31. The highest BCUT2D eigenvalue weighted by Crippen LogP contribution is 2.41. The first-order valence-electron chi connectivity index (χ1n) is 37.3. The molecule has 1 unspecified atom stereocenters. The SMILES string of the molecule is CC(=O)N[C@H]1[C@H](O[C@H]2[C@@H](O)[C@@H](CO)O[C@@H](O[C@H]3[C@H](O)[C@@H](NC(C)=O)[C@H](O[C@H]4[C@@H](O)[C@@H](CO)O[C@@H](O[C@H]5[C@H](O)[C@@H](NC(C)=O)[C@H](O[C@H]6[C@@H](O)[C@@H](CO)O[C@@H](O[C@H]7[C@H](O)[C@@H](O)C(O)O[C@@H]7CO)[C@@H]6O)O[C@@H]5CO)[C@@H]4O)O[C@@H]3CO)[C@@H]2O)O[C@H](CO)[C@@H](O[C@@H]2O[C@H](CO[C@]3(C(=O)O)C[C@H](O)[C@@H](NC(C)=O)[C@H]([C@H](O)[C@H](O)CO)O3)[C@H](O)[C@H](O)[C@H]2O)[C@@H]1O. The Morgan fingerprint density at radius 3 is 0.958 bits per heavy atom. The Kier molecular flexibility index (Phi) is 34.7. The van der Waals surface area contributed by atoms with Crippen LogP contribution in [0.15, 0.2) is 0 Å². The highest BCUT2D eigenvalue weighted by atomic mass is 16.8. The molecule has 53 heteroatoms. The fraction of sp³-hybridized carbons (Fsp3) is 0.923. The summed E-state index contributed by atoms with van der Waals surface area (Å²) in [5.41, 5.74) is 0. The lowest BCUT2D eigenvalue weighted by Crippen LogP contribution is -2.71. The average molecular weight is 1730 g/mol. The molecule has 0 bridgehead atoms. The zero-order chi connectivity index (χ0) is 87.3. The van der Waals surface area contributed by atoms with Gasteiger partial charge >= 0.3 is 5.97 Å². The average Bonchev–Trinajstić information content (AvgIpc) is 0.767. The summed E-state index contributed by atoms with van der Waals surface area (Å²) in [6, 6.07) is -7.50. The Morgan fingerprint density at radius 2 is 0.636 bits per heavy atom. The molecule has 0 aromatic carbocycles. The monoisotopic (exact) mass is 1730 g/mol. The van der Waals surface area contributed by atoms with Gasteiger partial charge in [-0.25, -0.2) is 4.79 Å². The minimum Gasteiger partial charge on any atom is -0.477 e. The Morgan fingerprint density at radius 1 is 0.339 bits per heavy atom. The predicted octanol–water partition coefficient (Wildman–Crippen LogP) is -20.8. The van der Waals surface area contributed by atoms with Gasteiger partial charge in [-0.1, -0.05) is 0 Å². The van der Waals surface area contributed by atoms with E-state index in [4.69, 9.17) is 80.5 Å². The third-order valence-electron chi connectivity index (χ3n) is 21.3. The predicted molar refractivity (Wildman–Crippen MR) is 361 cm³/mol. The van der Waals surface area contributed by atoms with E-state index in [2.05, 4.69) is 21.3 Å². The molecule has 118 heavy (non-hydrogen) atoms. The molecule has 53 nitrogen and oxygen atoms in total. The Labute approximate surface area is 666 Å². The van der Waals surface area contributed by atoms with Crippen LogP contribution < -0.4 is 21.3 Å². The Bertz CT molecular complexity index is 3210. The van der Waals surface area contributed by atoms with E-state index in [1.54, 1.807) is 0 Å². The van der Waals surface area contributed by atoms with Crippen LogP contribution in [0, 0.1) is 0 Å². The standard InChI is InChI=1S/C65H108N4O49/c1-15(78)66-29-19(82)5-65(64(100)101,118-52(29)33(84)20(83)6-70)102-14-28-34(85)41(92)44(95)60(110-28)111-48-25(11-75)107-57(30(38(48)89)67-16(2)79)115-53-35(86)21(7-71)104-61(45(53)96)112-49-26(12-76)108-58(31(39(49)90)68-17(3)80)116-54-36(87)22(8-72)105-62(46(54)97)113-50-27(13-77)109-59(32(40(50)91)69-18(4)81)117-55-37(88)23(9-73)106-63(47(55)98)114-51-24(10-74)103-56(99)43(94)42(51)93/h19-63,70-77,82-99H,5-14H2,1-4H3,(H,66,78)(H,67,79)(H,68,80)(H,69,81)(H,100,101)/t19-,20+,21+,22+,23+,24+,25+,26+,27+,28+,29+,30+,31+,32+,33+,34-,35-,36-,37-,38+,39+,40+,41-,42+,43+,44+,45+,46+,47+,48+,49+,50+,51+,52+,53-,54-,55-,56?,57-,58-,59-,60-,61-,62-,63-,65+/m0/s1. The van der Waals surface area contributed by atoms with Crippen LogP contribution in [0.25, 0.3) is 0 Å². The highest BCUT2D eigenvalue weighted by Gasteiger charge is 2.62. The highest BCUT2D eigenvalue weighted by molar-refractivity contribution is 5.77. The second-order valence-corrected chi connectivity index (χ2v) is 29.6. The van der Waals surface area contributed by atoms with E-state index in [-0.39, 0.29) is 0 Å². The van der Waals surface area contributed by atoms with Crippen molar-refractivity contribution < 1.29 is 242 Å². The van der Waals surface area contributed by atoms with Crippen LogP contribution >= 0.6 is 0 Å². The summed E-state index contributed by atoms with van der Waals surface area (Å²) in [5, 5.41) is 306. The zero-order valence-corrected chi connectivity index (χ0v) is 63.1. The van der Waals surface area contributed by atoms with Crippen molar-refractivity contribution in [2.75, 3.05) is 59.5 Å². The van der Waals surface area contributed by atoms with Gasteiger partial charge in [0.15, 0.2) is 50.3 Å². The first-order chi connectivity index (χ1) is 55.7. The minimum absolute atomic E-state index is 0.824. The van der Waals surface area contributed by atoms with Gasteiger partial charge in [0.25, 0.3) is 5.79 Å². The van der Waals surface area contributed by atoms with Crippen molar-refractivity contribution in [3.8, 4) is 0 Å². The van der Waals surface area contributed by atoms with Crippen LogP contribution in [0.3, 0.4) is 0 Å². The number of carbonyl (C=O) groups is 5. The molecular formula is C65H108N4O49. The quantitative estimate of drug-likeness (QED) is 0.0297. The number of aliphatic hydroxyl groups is 26. The smallest absolute Gasteiger partial charge is 0.364 e. The molecule has 0 aromatic rings. The number of aliphatic hydroxyl groups excluding tert-OH is 26. The van der Waals surface area contributed by atoms with Gasteiger partial charge in [0, 0.05) is 34.1 Å². The number of hydrogen-bond acceptors (Lipinski definition) is 48. The van der Waals surface area contributed by atoms with Crippen LogP contribution in [-0.2, 0) is 104 Å². The molecule has 9 saturated heterocycles. The Hall–Kier alpha value is -4.37. The Balaban J connectivity index is 0.887. The summed E-state index contributed by atoms with van der Waals surface area (Å²) >= 11 is 0. The molecule has 46 atom stereocenters. The number of carboxylic acid groups (broad SMARTS) is 1. The van der Waals surface area contributed by atoms with Crippen LogP contribution in [0.4, 0.5) is 0 Å². The van der Waals surface area contributed by atoms with E-state index in [0.717, 1.165) is 27.7 Å². The summed E-state index contributed by atoms with van der Waals surface area (Å²) in [4.78, 5) is 63.7. The number of ether oxygens (including phenoxy) is 17. The van der Waals surface area contributed by atoms with Crippen molar-refractivity contribution >= 4 is 29.6 Å². The molecule has 682 valence electrons. The molecule has 0 radical (unpaired) electrons. The normalized spacial score (nSPS) is 47.6. The van der Waals surface area contributed by atoms with Crippen molar-refractivity contribution in [3.05, 3.63) is 0 Å². The van der Waals surface area contributed by atoms with Crippen molar-refractivity contribution in [3.63, 3.8) is 0 Å². The summed E-state index contributed by atoms with van der Waals surface area (Å²) in [6.45, 7) is -6.41. The van der Waals surface area contributed by atoms with Crippen LogP contribution in [-0.4, -0.2) is 509 Å². The lowest BCUT2D eigenvalue weighted by molar-refractivity contribution is -0.389. The molecule has 0 aromatic heterocycles. The zero-order valence-electron chi connectivity index (χ0n) is 63.1. The van der Waals surface area contributed by atoms with Gasteiger partial charge in [-0.2, -0.15) is 0 Å². The topological polar surface area (TPSA) is 837 Å². The van der Waals surface area contributed by atoms with E-state index >= 15 is 0 Å². The van der Waals surface area contributed by atoms with Crippen molar-refractivity contribution in [1.82, 2.24) is 21.3 Å². The van der Waals surface area contributed by atoms with Crippen molar-refractivity contribution in [2.45, 2.75) is 316 Å². The van der Waals surface area contributed by atoms with Gasteiger partial charge in [0.05, 0.1) is 71.6 Å². The number of nitrogens with one attached hydrogen (secondary N) is 4. The summed E-state index contributed by atoms with van der Waals surface area (Å²) in [6.07, 6.45) is -86.7. The van der Waals surface area contributed by atoms with E-state index in [0.29, 0.717) is 0 Å². The lowest BCUT2D eigenvalue weighted by Gasteiger charge is -2.51. The maximum Gasteiger partial charge on any atom is 0.364 e. The third kappa shape index (κ3) is 21.2. The largest absolute Gasteiger partial charge is 0.477 e. The molecule has 0 aliphatic carbocycles. The van der Waals surface area contributed by atoms with Gasteiger partial charge in [0.2, 0.25) is 23.6 Å². The molecule has 9 heterocycles. The summed E-state index contributed by atoms with van der Waals surface area (Å²) in [7, 11) is 0. The number of aliphatic carboxylic acids is 1. The molecule has 9 rings (SSSR count). The van der Waals surface area contributed by atoms with E-state index in [1.165, 1.54) is 0 Å². The van der Waals surface area contributed by atoms with E-state index < -0.39 is 377 Å². The molecule has 0 spiro atoms. The maximum atomic E-state index is 13.0. The van der Waals surface area contributed by atoms with Gasteiger partial charge in [-0.05, 0) is 0 Å². The number of amides is 4. The van der Waals surface area contributed by atoms with E-state index in [1.807, 2.05) is 0 Å². The molecular weight excluding hydrogens is 1620 g/mol. The number of rotatable bonds is 32. The second kappa shape index (κ2) is 42.1. The van der Waals surface area contributed by atoms with Crippen LogP contribution in [0.2, 0.25) is 0 Å². The first-order valence-corrected chi connectivity index (χ1v) is 37.3. The molecule has 4 amide bonds. The van der Waals surface area contributed by atoms with Gasteiger partial charge in [-0.15, -0.1) is 0 Å². The summed E-state index contributed by atoms with van der Waals surface area (Å²) in [5.74, 6) is -8.77. The van der Waals surface area contributed by atoms with Gasteiger partial charge < -0.3 is 240 Å². The first kappa shape index (κ1) is 97.4. The fourth-order valence-corrected chi connectivity index (χ4v) is 15.2. The second-order valence-electron chi connectivity index (χ2n) is 29.6. The molecule has 9 fully saturated rings. The molecule has 31 N–H and O–H groups in total. The molecule has 9 aliphatic heterocycles. The molecule has 9 aliphatic rings. The van der Waals surface area contributed by atoms with Crippen molar-refractivity contribution in [2.24, 2.45) is 0 Å². The van der Waals surface area contributed by atoms with Gasteiger partial charge in [-0.3, -0.25) is 19.2 Å². The van der Waals surface area contributed by atoms with Crippen LogP contribution in [0.5, 0.6) is 0 Å². The minimum atomic E-state index is -3.05. The number of carboxylic acids is 1. The molecule has 0 saturated carbocycles.